The second-order valence-electron chi connectivity index (χ2n) is 4.19. The molecular weight excluding hydrogens is 214 g/mol. The number of carbonyl (C=O) groups is 1. The molecule has 0 fully saturated rings. The van der Waals surface area contributed by atoms with Gasteiger partial charge in [0.15, 0.2) is 5.76 Å². The molecule has 0 atom stereocenters. The molecule has 17 heavy (non-hydrogen) atoms. The molecule has 1 N–H and O–H groups in total. The van der Waals surface area contributed by atoms with Gasteiger partial charge in [-0.2, -0.15) is 0 Å². The molecule has 1 aromatic heterocycles. The summed E-state index contributed by atoms with van der Waals surface area (Å²) in [5, 5.41) is 2.82. The van der Waals surface area contributed by atoms with Gasteiger partial charge < -0.3 is 9.73 Å². The van der Waals surface area contributed by atoms with Gasteiger partial charge in [-0.1, -0.05) is 6.07 Å². The van der Waals surface area contributed by atoms with Crippen molar-refractivity contribution in [1.29, 1.82) is 0 Å². The molecule has 1 aromatic carbocycles. The highest BCUT2D eigenvalue weighted by Crippen LogP contribution is 2.16. The fourth-order valence-electron chi connectivity index (χ4n) is 1.61. The van der Waals surface area contributed by atoms with E-state index in [0.29, 0.717) is 5.76 Å². The Balaban J connectivity index is 2.19. The second-order valence-corrected chi connectivity index (χ2v) is 4.19. The van der Waals surface area contributed by atoms with Crippen molar-refractivity contribution in [2.24, 2.45) is 0 Å². The molecule has 0 spiro atoms. The Bertz CT molecular complexity index is 555. The maximum absolute atomic E-state index is 11.9. The van der Waals surface area contributed by atoms with Gasteiger partial charge in [0.05, 0.1) is 6.26 Å². The van der Waals surface area contributed by atoms with Crippen LogP contribution in [0.1, 0.15) is 27.2 Å². The van der Waals surface area contributed by atoms with Gasteiger partial charge in [-0.3, -0.25) is 4.79 Å². The molecule has 0 saturated carbocycles. The number of hydrogen-bond donors (Lipinski definition) is 1. The summed E-state index contributed by atoms with van der Waals surface area (Å²) < 4.78 is 5.14. The zero-order valence-electron chi connectivity index (χ0n) is 10.2. The first-order chi connectivity index (χ1) is 8.08. The summed E-state index contributed by atoms with van der Waals surface area (Å²) in [5.41, 5.74) is 3.98. The van der Waals surface area contributed by atoms with Crippen LogP contribution in [-0.2, 0) is 0 Å². The molecule has 0 aliphatic rings. The average molecular weight is 229 g/mol. The topological polar surface area (TPSA) is 42.2 Å². The number of anilines is 1. The van der Waals surface area contributed by atoms with E-state index in [2.05, 4.69) is 5.32 Å². The lowest BCUT2D eigenvalue weighted by Crippen LogP contribution is -2.12. The summed E-state index contributed by atoms with van der Waals surface area (Å²) in [6.07, 6.45) is 1.52. The quantitative estimate of drug-likeness (QED) is 0.856. The highest BCUT2D eigenvalue weighted by Gasteiger charge is 2.12. The van der Waals surface area contributed by atoms with Crippen molar-refractivity contribution in [1.82, 2.24) is 0 Å². The number of rotatable bonds is 2. The summed E-state index contributed by atoms with van der Waals surface area (Å²) in [5.74, 6) is 0.152. The van der Waals surface area contributed by atoms with Crippen molar-refractivity contribution in [3.63, 3.8) is 0 Å². The highest BCUT2D eigenvalue weighted by atomic mass is 16.3. The van der Waals surface area contributed by atoms with E-state index in [1.165, 1.54) is 11.8 Å². The SMILES string of the molecule is Cc1ccc(NC(=O)c2occc2C)cc1C. The van der Waals surface area contributed by atoms with E-state index in [1.807, 2.05) is 39.0 Å². The lowest BCUT2D eigenvalue weighted by molar-refractivity contribution is 0.0996. The van der Waals surface area contributed by atoms with Gasteiger partial charge in [0.25, 0.3) is 5.91 Å². The third kappa shape index (κ3) is 2.38. The Morgan fingerprint density at radius 1 is 1.06 bits per heavy atom. The third-order valence-electron chi connectivity index (χ3n) is 2.83. The van der Waals surface area contributed by atoms with Crippen LogP contribution < -0.4 is 5.32 Å². The average Bonchev–Trinajstić information content (AvgIpc) is 2.70. The third-order valence-corrected chi connectivity index (χ3v) is 2.83. The van der Waals surface area contributed by atoms with E-state index < -0.39 is 0 Å². The van der Waals surface area contributed by atoms with Crippen LogP contribution in [0.3, 0.4) is 0 Å². The predicted octanol–water partition coefficient (Wildman–Crippen LogP) is 3.46. The van der Waals surface area contributed by atoms with Crippen molar-refractivity contribution in [2.75, 3.05) is 5.32 Å². The Morgan fingerprint density at radius 2 is 1.82 bits per heavy atom. The first kappa shape index (κ1) is 11.5. The Labute approximate surface area is 100 Å². The minimum Gasteiger partial charge on any atom is -0.459 e. The van der Waals surface area contributed by atoms with Crippen LogP contribution in [-0.4, -0.2) is 5.91 Å². The zero-order valence-corrected chi connectivity index (χ0v) is 10.2. The standard InChI is InChI=1S/C14H15NO2/c1-9-4-5-12(8-11(9)3)15-14(16)13-10(2)6-7-17-13/h4-8H,1-3H3,(H,15,16). The molecule has 0 bridgehead atoms. The van der Waals surface area contributed by atoms with Crippen LogP contribution in [0.4, 0.5) is 5.69 Å². The largest absolute Gasteiger partial charge is 0.459 e. The summed E-state index contributed by atoms with van der Waals surface area (Å²) in [4.78, 5) is 11.9. The van der Waals surface area contributed by atoms with Crippen molar-refractivity contribution in [3.05, 3.63) is 53.0 Å². The molecule has 0 saturated heterocycles. The van der Waals surface area contributed by atoms with Crippen molar-refractivity contribution >= 4 is 11.6 Å². The molecule has 1 amide bonds. The maximum atomic E-state index is 11.9. The number of carbonyl (C=O) groups excluding carboxylic acids is 1. The zero-order chi connectivity index (χ0) is 12.4. The molecule has 3 heteroatoms. The first-order valence-electron chi connectivity index (χ1n) is 5.50. The lowest BCUT2D eigenvalue weighted by atomic mass is 10.1. The highest BCUT2D eigenvalue weighted by molar-refractivity contribution is 6.03. The number of benzene rings is 1. The summed E-state index contributed by atoms with van der Waals surface area (Å²) in [7, 11) is 0. The van der Waals surface area contributed by atoms with Crippen LogP contribution in [0.25, 0.3) is 0 Å². The molecule has 0 unspecified atom stereocenters. The molecule has 2 rings (SSSR count). The molecular formula is C14H15NO2. The van der Waals surface area contributed by atoms with Gasteiger partial charge in [0.1, 0.15) is 0 Å². The summed E-state index contributed by atoms with van der Waals surface area (Å²) in [6.45, 7) is 5.90. The minimum atomic E-state index is -0.212. The van der Waals surface area contributed by atoms with E-state index in [0.717, 1.165) is 16.8 Å². The number of nitrogens with one attached hydrogen (secondary N) is 1. The van der Waals surface area contributed by atoms with Gasteiger partial charge >= 0.3 is 0 Å². The fourth-order valence-corrected chi connectivity index (χ4v) is 1.61. The molecule has 0 aliphatic carbocycles. The van der Waals surface area contributed by atoms with Gasteiger partial charge in [0, 0.05) is 11.3 Å². The minimum absolute atomic E-state index is 0.212. The molecule has 0 radical (unpaired) electrons. The number of hydrogen-bond acceptors (Lipinski definition) is 2. The Kier molecular flexibility index (Phi) is 3.00. The van der Waals surface area contributed by atoms with Crippen molar-refractivity contribution < 1.29 is 9.21 Å². The van der Waals surface area contributed by atoms with E-state index >= 15 is 0 Å². The maximum Gasteiger partial charge on any atom is 0.291 e. The van der Waals surface area contributed by atoms with Crippen LogP contribution in [0.5, 0.6) is 0 Å². The Morgan fingerprint density at radius 3 is 2.41 bits per heavy atom. The van der Waals surface area contributed by atoms with Crippen molar-refractivity contribution in [3.8, 4) is 0 Å². The number of furan rings is 1. The number of aryl methyl sites for hydroxylation is 3. The first-order valence-corrected chi connectivity index (χ1v) is 5.50. The number of amides is 1. The van der Waals surface area contributed by atoms with Crippen LogP contribution >= 0.6 is 0 Å². The smallest absolute Gasteiger partial charge is 0.291 e. The van der Waals surface area contributed by atoms with Crippen molar-refractivity contribution in [2.45, 2.75) is 20.8 Å². The monoisotopic (exact) mass is 229 g/mol. The van der Waals surface area contributed by atoms with E-state index in [1.54, 1.807) is 6.07 Å². The van der Waals surface area contributed by atoms with Gasteiger partial charge in [-0.25, -0.2) is 0 Å². The lowest BCUT2D eigenvalue weighted by Gasteiger charge is -2.06. The molecule has 1 heterocycles. The van der Waals surface area contributed by atoms with Crippen LogP contribution in [0, 0.1) is 20.8 Å². The predicted molar refractivity (Wildman–Crippen MR) is 67.3 cm³/mol. The molecule has 0 aliphatic heterocycles. The molecule has 3 nitrogen and oxygen atoms in total. The van der Waals surface area contributed by atoms with E-state index in [4.69, 9.17) is 4.42 Å². The van der Waals surface area contributed by atoms with Crippen LogP contribution in [0.2, 0.25) is 0 Å². The van der Waals surface area contributed by atoms with Gasteiger partial charge in [0.2, 0.25) is 0 Å². The second kappa shape index (κ2) is 4.45. The Hall–Kier alpha value is -2.03. The van der Waals surface area contributed by atoms with E-state index in [-0.39, 0.29) is 5.91 Å². The molecule has 88 valence electrons. The fraction of sp³-hybridized carbons (Fsp3) is 0.214. The summed E-state index contributed by atoms with van der Waals surface area (Å²) in [6, 6.07) is 7.60. The molecule has 2 aromatic rings. The van der Waals surface area contributed by atoms with Gasteiger partial charge in [-0.05, 0) is 50.1 Å². The van der Waals surface area contributed by atoms with Crippen LogP contribution in [0.15, 0.2) is 34.9 Å². The van der Waals surface area contributed by atoms with Gasteiger partial charge in [-0.15, -0.1) is 0 Å². The summed E-state index contributed by atoms with van der Waals surface area (Å²) >= 11 is 0. The van der Waals surface area contributed by atoms with E-state index in [9.17, 15) is 4.79 Å². The normalized spacial score (nSPS) is 10.3.